The molecule has 0 radical (unpaired) electrons. The molecule has 1 fully saturated rings. The quantitative estimate of drug-likeness (QED) is 0.0837. The van der Waals surface area contributed by atoms with Gasteiger partial charge in [-0.1, -0.05) is 104 Å². The van der Waals surface area contributed by atoms with Gasteiger partial charge in [-0.15, -0.1) is 11.6 Å². The highest BCUT2D eigenvalue weighted by atomic mass is 35.5. The average molecular weight is 652 g/mol. The van der Waals surface area contributed by atoms with E-state index in [9.17, 15) is 4.79 Å². The molecule has 246 valence electrons. The molecule has 1 N–H and O–H groups in total. The van der Waals surface area contributed by atoms with Gasteiger partial charge in [0.2, 0.25) is 0 Å². The van der Waals surface area contributed by atoms with Gasteiger partial charge in [0.1, 0.15) is 0 Å². The number of benzene rings is 1. The third-order valence-corrected chi connectivity index (χ3v) is 19.9. The van der Waals surface area contributed by atoms with Crippen LogP contribution in [-0.2, 0) is 13.6 Å². The van der Waals surface area contributed by atoms with Crippen LogP contribution in [0, 0.1) is 5.92 Å². The molecule has 1 aliphatic rings. The van der Waals surface area contributed by atoms with Crippen LogP contribution in [0.2, 0.25) is 36.3 Å². The van der Waals surface area contributed by atoms with E-state index in [-0.39, 0.29) is 45.9 Å². The summed E-state index contributed by atoms with van der Waals surface area (Å²) in [6.07, 6.45) is 12.6. The minimum atomic E-state index is -2.00. The van der Waals surface area contributed by atoms with E-state index in [1.807, 2.05) is 0 Å². The fourth-order valence-electron chi connectivity index (χ4n) is 5.56. The van der Waals surface area contributed by atoms with Gasteiger partial charge in [-0.25, -0.2) is 0 Å². The van der Waals surface area contributed by atoms with Crippen molar-refractivity contribution in [2.75, 3.05) is 0 Å². The topological polar surface area (TPSA) is 55.8 Å². The number of hydrogen-bond acceptors (Lipinski definition) is 3. The van der Waals surface area contributed by atoms with Gasteiger partial charge in [-0.05, 0) is 85.4 Å². The second-order valence-corrected chi connectivity index (χ2v) is 26.0. The van der Waals surface area contributed by atoms with E-state index in [4.69, 9.17) is 25.6 Å². The number of halogens is 1. The first-order valence-corrected chi connectivity index (χ1v) is 23.0. The van der Waals surface area contributed by atoms with Crippen LogP contribution in [0.4, 0.5) is 0 Å². The lowest BCUT2D eigenvalue weighted by atomic mass is 9.84. The molecule has 43 heavy (non-hydrogen) atoms. The molecule has 5 atom stereocenters. The summed E-state index contributed by atoms with van der Waals surface area (Å²) < 4.78 is 14.1. The average Bonchev–Trinajstić information content (AvgIpc) is 3.17. The predicted octanol–water partition coefficient (Wildman–Crippen LogP) is 11.6. The standard InChI is InChI=1S/C36H63ClO4Si2/c1-12-13-16-20-31(40-42(8,9)35(2,3)4)27-22-24-28(25-23-27)34-29(19-17-14-15-18-21-33(38)39)30(37)26-32(34)41-43(10,11)36(5,6)7/h14,17,22-25,29-32,34H,12-13,15-16,18-21,26H2,1-11H3,(H,38,39)/b17-14-/t29-,30-,31?,32+,34+/m0/s1. The third kappa shape index (κ3) is 11.1. The number of allylic oxidation sites excluding steroid dienone is 2. The normalized spacial score (nSPS) is 22.8. The molecule has 1 aromatic carbocycles. The van der Waals surface area contributed by atoms with Crippen molar-refractivity contribution in [1.82, 2.24) is 0 Å². The fourth-order valence-corrected chi connectivity index (χ4v) is 8.67. The fraction of sp³-hybridized carbons (Fsp3) is 0.750. The van der Waals surface area contributed by atoms with Gasteiger partial charge in [0, 0.05) is 17.7 Å². The number of unbranched alkanes of at least 4 members (excludes halogenated alkanes) is 3. The van der Waals surface area contributed by atoms with Crippen molar-refractivity contribution in [2.24, 2.45) is 5.92 Å². The second kappa shape index (κ2) is 16.1. The summed E-state index contributed by atoms with van der Waals surface area (Å²) >= 11 is 7.12. The van der Waals surface area contributed by atoms with Crippen LogP contribution in [0.25, 0.3) is 0 Å². The largest absolute Gasteiger partial charge is 0.481 e. The summed E-state index contributed by atoms with van der Waals surface area (Å²) in [7, 11) is -3.93. The Labute approximate surface area is 271 Å². The molecular weight excluding hydrogens is 588 g/mol. The molecule has 0 spiro atoms. The van der Waals surface area contributed by atoms with Crippen LogP contribution in [0.3, 0.4) is 0 Å². The summed E-state index contributed by atoms with van der Waals surface area (Å²) in [6, 6.07) is 9.26. The molecule has 1 aromatic rings. The molecule has 1 unspecified atom stereocenters. The van der Waals surface area contributed by atoms with E-state index < -0.39 is 22.6 Å². The van der Waals surface area contributed by atoms with Crippen molar-refractivity contribution < 1.29 is 18.8 Å². The van der Waals surface area contributed by atoms with E-state index in [0.29, 0.717) is 6.42 Å². The Hall–Kier alpha value is -0.926. The van der Waals surface area contributed by atoms with Crippen LogP contribution in [0.1, 0.15) is 129 Å². The van der Waals surface area contributed by atoms with Crippen molar-refractivity contribution in [3.05, 3.63) is 47.5 Å². The van der Waals surface area contributed by atoms with Crippen LogP contribution < -0.4 is 0 Å². The maximum absolute atomic E-state index is 10.9. The van der Waals surface area contributed by atoms with Crippen molar-refractivity contribution in [1.29, 1.82) is 0 Å². The highest BCUT2D eigenvalue weighted by Crippen LogP contribution is 2.50. The summed E-state index contributed by atoms with van der Waals surface area (Å²) in [4.78, 5) is 10.9. The minimum Gasteiger partial charge on any atom is -0.481 e. The van der Waals surface area contributed by atoms with E-state index >= 15 is 0 Å². The zero-order chi connectivity index (χ0) is 32.6. The number of alkyl halides is 1. The highest BCUT2D eigenvalue weighted by Gasteiger charge is 2.48. The molecule has 0 aliphatic heterocycles. The number of rotatable bonds is 16. The lowest BCUT2D eigenvalue weighted by Crippen LogP contribution is -2.44. The summed E-state index contributed by atoms with van der Waals surface area (Å²) in [5, 5.41) is 9.28. The molecule has 7 heteroatoms. The molecule has 0 amide bonds. The van der Waals surface area contributed by atoms with Crippen molar-refractivity contribution in [2.45, 2.75) is 166 Å². The summed E-state index contributed by atoms with van der Waals surface area (Å²) in [6.45, 7) is 25.5. The van der Waals surface area contributed by atoms with Gasteiger partial charge in [0.25, 0.3) is 0 Å². The smallest absolute Gasteiger partial charge is 0.303 e. The van der Waals surface area contributed by atoms with Gasteiger partial charge in [0.05, 0.1) is 12.2 Å². The van der Waals surface area contributed by atoms with Gasteiger partial charge in [0.15, 0.2) is 16.6 Å². The number of carboxylic acid groups (broad SMARTS) is 1. The molecule has 0 heterocycles. The molecule has 4 nitrogen and oxygen atoms in total. The first-order valence-electron chi connectivity index (χ1n) is 16.8. The maximum Gasteiger partial charge on any atom is 0.303 e. The van der Waals surface area contributed by atoms with E-state index in [1.165, 1.54) is 30.4 Å². The Morgan fingerprint density at radius 3 is 2.12 bits per heavy atom. The van der Waals surface area contributed by atoms with E-state index in [1.54, 1.807) is 0 Å². The van der Waals surface area contributed by atoms with Crippen LogP contribution >= 0.6 is 11.6 Å². The van der Waals surface area contributed by atoms with Gasteiger partial charge < -0.3 is 14.0 Å². The van der Waals surface area contributed by atoms with Crippen molar-refractivity contribution >= 4 is 34.2 Å². The Morgan fingerprint density at radius 2 is 1.58 bits per heavy atom. The maximum atomic E-state index is 10.9. The van der Waals surface area contributed by atoms with E-state index in [0.717, 1.165) is 25.7 Å². The van der Waals surface area contributed by atoms with Crippen molar-refractivity contribution in [3.8, 4) is 0 Å². The second-order valence-electron chi connectivity index (χ2n) is 15.9. The molecule has 1 aliphatic carbocycles. The zero-order valence-corrected chi connectivity index (χ0v) is 32.0. The number of aliphatic carboxylic acids is 1. The molecular formula is C36H63ClO4Si2. The number of hydrogen-bond donors (Lipinski definition) is 1. The lowest BCUT2D eigenvalue weighted by Gasteiger charge is -2.40. The molecule has 0 bridgehead atoms. The van der Waals surface area contributed by atoms with Gasteiger partial charge >= 0.3 is 5.97 Å². The van der Waals surface area contributed by atoms with Crippen LogP contribution in [0.5, 0.6) is 0 Å². The predicted molar refractivity (Wildman–Crippen MR) is 189 cm³/mol. The Bertz CT molecular complexity index is 1020. The summed E-state index contributed by atoms with van der Waals surface area (Å²) in [5.74, 6) is -0.252. The van der Waals surface area contributed by atoms with E-state index in [2.05, 4.69) is 111 Å². The summed E-state index contributed by atoms with van der Waals surface area (Å²) in [5.41, 5.74) is 2.58. The Balaban J connectivity index is 2.38. The molecule has 2 rings (SSSR count). The van der Waals surface area contributed by atoms with Crippen LogP contribution in [-0.4, -0.2) is 39.2 Å². The lowest BCUT2D eigenvalue weighted by molar-refractivity contribution is -0.137. The van der Waals surface area contributed by atoms with Gasteiger partial charge in [-0.3, -0.25) is 4.79 Å². The Kier molecular flexibility index (Phi) is 14.3. The minimum absolute atomic E-state index is 0.0341. The van der Waals surface area contributed by atoms with Crippen molar-refractivity contribution in [3.63, 3.8) is 0 Å². The SMILES string of the molecule is CCCCCC(O[Si](C)(C)C(C)(C)C)c1ccc([C@@H]2[C@@H](C/C=C\CCCC(=O)O)[C@@H](Cl)C[C@H]2O[Si](C)(C)C(C)(C)C)cc1. The monoisotopic (exact) mass is 650 g/mol. The highest BCUT2D eigenvalue weighted by molar-refractivity contribution is 6.74. The molecule has 0 saturated heterocycles. The Morgan fingerprint density at radius 1 is 0.977 bits per heavy atom. The number of carboxylic acids is 1. The van der Waals surface area contributed by atoms with Gasteiger partial charge in [-0.2, -0.15) is 0 Å². The zero-order valence-electron chi connectivity index (χ0n) is 29.3. The molecule has 0 aromatic heterocycles. The first-order chi connectivity index (χ1) is 19.8. The first kappa shape index (κ1) is 38.3. The van der Waals surface area contributed by atoms with Crippen LogP contribution in [0.15, 0.2) is 36.4 Å². The molecule has 1 saturated carbocycles. The third-order valence-electron chi connectivity index (χ3n) is 10.4. The number of carbonyl (C=O) groups is 1.